The summed E-state index contributed by atoms with van der Waals surface area (Å²) in [6.45, 7) is 1.97. The van der Waals surface area contributed by atoms with E-state index in [2.05, 4.69) is 15.6 Å². The number of fused-ring (bicyclic) bond motifs is 1. The molecular formula is C22H17N3O2S. The Labute approximate surface area is 167 Å². The highest BCUT2D eigenvalue weighted by atomic mass is 32.1. The second kappa shape index (κ2) is 7.62. The SMILES string of the molecule is Cc1ccc(C(=O)NC(=S)Nc2ccc(-c3nc4ccccc4o3)cc2)cc1. The normalized spacial score (nSPS) is 10.6. The summed E-state index contributed by atoms with van der Waals surface area (Å²) in [7, 11) is 0. The predicted octanol–water partition coefficient (Wildman–Crippen LogP) is 4.93. The molecule has 4 aromatic rings. The van der Waals surface area contributed by atoms with E-state index in [4.69, 9.17) is 16.6 Å². The molecule has 1 aromatic heterocycles. The molecule has 0 saturated carbocycles. The zero-order valence-corrected chi connectivity index (χ0v) is 15.9. The van der Waals surface area contributed by atoms with E-state index in [1.54, 1.807) is 12.1 Å². The molecule has 0 aliphatic heterocycles. The number of carbonyl (C=O) groups is 1. The Morgan fingerprint density at radius 1 is 0.964 bits per heavy atom. The molecule has 0 aliphatic carbocycles. The topological polar surface area (TPSA) is 67.2 Å². The molecule has 0 fully saturated rings. The Balaban J connectivity index is 1.41. The van der Waals surface area contributed by atoms with Gasteiger partial charge in [0, 0.05) is 16.8 Å². The van der Waals surface area contributed by atoms with Gasteiger partial charge in [-0.3, -0.25) is 10.1 Å². The van der Waals surface area contributed by atoms with Gasteiger partial charge in [0.25, 0.3) is 5.91 Å². The van der Waals surface area contributed by atoms with Gasteiger partial charge < -0.3 is 9.73 Å². The number of carbonyl (C=O) groups excluding carboxylic acids is 1. The number of nitrogens with zero attached hydrogens (tertiary/aromatic N) is 1. The Hall–Kier alpha value is -3.51. The van der Waals surface area contributed by atoms with Crippen molar-refractivity contribution in [2.75, 3.05) is 5.32 Å². The summed E-state index contributed by atoms with van der Waals surface area (Å²) in [5, 5.41) is 5.92. The van der Waals surface area contributed by atoms with E-state index in [0.717, 1.165) is 27.9 Å². The van der Waals surface area contributed by atoms with Crippen LogP contribution in [0.15, 0.2) is 77.2 Å². The van der Waals surface area contributed by atoms with E-state index in [-0.39, 0.29) is 11.0 Å². The second-order valence-corrected chi connectivity index (χ2v) is 6.75. The average Bonchev–Trinajstić information content (AvgIpc) is 3.13. The van der Waals surface area contributed by atoms with Gasteiger partial charge in [0.15, 0.2) is 10.7 Å². The molecule has 0 radical (unpaired) electrons. The first-order chi connectivity index (χ1) is 13.6. The molecule has 0 unspecified atom stereocenters. The van der Waals surface area contributed by atoms with Crippen molar-refractivity contribution in [2.24, 2.45) is 0 Å². The first kappa shape index (κ1) is 17.9. The summed E-state index contributed by atoms with van der Waals surface area (Å²) < 4.78 is 5.77. The standard InChI is InChI=1S/C22H17N3O2S/c1-14-6-8-15(9-7-14)20(26)25-22(28)23-17-12-10-16(11-13-17)21-24-18-4-2-3-5-19(18)27-21/h2-13H,1H3,(H2,23,25,26,28). The fourth-order valence-corrected chi connectivity index (χ4v) is 2.94. The minimum atomic E-state index is -0.249. The molecule has 1 amide bonds. The number of hydrogen-bond donors (Lipinski definition) is 2. The summed E-state index contributed by atoms with van der Waals surface area (Å²) >= 11 is 5.23. The number of para-hydroxylation sites is 2. The maximum atomic E-state index is 12.2. The van der Waals surface area contributed by atoms with Crippen LogP contribution in [0.5, 0.6) is 0 Å². The van der Waals surface area contributed by atoms with Crippen molar-refractivity contribution in [3.8, 4) is 11.5 Å². The van der Waals surface area contributed by atoms with Crippen molar-refractivity contribution in [2.45, 2.75) is 6.92 Å². The number of amides is 1. The molecular weight excluding hydrogens is 370 g/mol. The molecule has 5 nitrogen and oxygen atoms in total. The van der Waals surface area contributed by atoms with Gasteiger partial charge in [0.1, 0.15) is 5.52 Å². The van der Waals surface area contributed by atoms with E-state index in [1.165, 1.54) is 0 Å². The van der Waals surface area contributed by atoms with Gasteiger partial charge in [-0.05, 0) is 67.7 Å². The molecule has 0 spiro atoms. The van der Waals surface area contributed by atoms with Crippen LogP contribution in [-0.2, 0) is 0 Å². The number of thiocarbonyl (C=S) groups is 1. The number of hydrogen-bond acceptors (Lipinski definition) is 4. The smallest absolute Gasteiger partial charge is 0.257 e. The van der Waals surface area contributed by atoms with E-state index in [0.29, 0.717) is 11.5 Å². The Kier molecular flexibility index (Phi) is 4.87. The first-order valence-electron chi connectivity index (χ1n) is 8.73. The monoisotopic (exact) mass is 387 g/mol. The van der Waals surface area contributed by atoms with Gasteiger partial charge in [-0.15, -0.1) is 0 Å². The number of anilines is 1. The molecule has 3 aromatic carbocycles. The van der Waals surface area contributed by atoms with Crippen LogP contribution in [0, 0.1) is 6.92 Å². The van der Waals surface area contributed by atoms with Crippen LogP contribution in [0.4, 0.5) is 5.69 Å². The molecule has 2 N–H and O–H groups in total. The third-order valence-corrected chi connectivity index (χ3v) is 4.43. The molecule has 28 heavy (non-hydrogen) atoms. The average molecular weight is 387 g/mol. The van der Waals surface area contributed by atoms with Crippen molar-refractivity contribution >= 4 is 40.0 Å². The van der Waals surface area contributed by atoms with Crippen LogP contribution in [0.2, 0.25) is 0 Å². The highest BCUT2D eigenvalue weighted by molar-refractivity contribution is 7.80. The number of rotatable bonds is 3. The van der Waals surface area contributed by atoms with Crippen LogP contribution in [0.25, 0.3) is 22.6 Å². The minimum Gasteiger partial charge on any atom is -0.436 e. The minimum absolute atomic E-state index is 0.236. The zero-order chi connectivity index (χ0) is 19.5. The molecule has 138 valence electrons. The third-order valence-electron chi connectivity index (χ3n) is 4.22. The fraction of sp³-hybridized carbons (Fsp3) is 0.0455. The highest BCUT2D eigenvalue weighted by Gasteiger charge is 2.09. The van der Waals surface area contributed by atoms with Crippen LogP contribution in [0.1, 0.15) is 15.9 Å². The van der Waals surface area contributed by atoms with Crippen LogP contribution >= 0.6 is 12.2 Å². The number of aryl methyl sites for hydroxylation is 1. The van der Waals surface area contributed by atoms with Crippen molar-refractivity contribution in [3.05, 3.63) is 83.9 Å². The number of aromatic nitrogens is 1. The molecule has 0 atom stereocenters. The van der Waals surface area contributed by atoms with Crippen molar-refractivity contribution in [1.29, 1.82) is 0 Å². The maximum absolute atomic E-state index is 12.2. The van der Waals surface area contributed by atoms with Crippen LogP contribution in [-0.4, -0.2) is 16.0 Å². The van der Waals surface area contributed by atoms with Gasteiger partial charge in [0.2, 0.25) is 5.89 Å². The quantitative estimate of drug-likeness (QED) is 0.488. The van der Waals surface area contributed by atoms with E-state index >= 15 is 0 Å². The van der Waals surface area contributed by atoms with Gasteiger partial charge >= 0.3 is 0 Å². The number of benzene rings is 3. The predicted molar refractivity (Wildman–Crippen MR) is 114 cm³/mol. The zero-order valence-electron chi connectivity index (χ0n) is 15.1. The summed E-state index contributed by atoms with van der Waals surface area (Å²) in [4.78, 5) is 16.7. The first-order valence-corrected chi connectivity index (χ1v) is 9.14. The van der Waals surface area contributed by atoms with E-state index in [1.807, 2.05) is 67.6 Å². The molecule has 1 heterocycles. The molecule has 0 bridgehead atoms. The number of oxazole rings is 1. The summed E-state index contributed by atoms with van der Waals surface area (Å²) in [6.07, 6.45) is 0. The molecule has 0 saturated heterocycles. The summed E-state index contributed by atoms with van der Waals surface area (Å²) in [5.41, 5.74) is 4.84. The molecule has 0 aliphatic rings. The molecule has 4 rings (SSSR count). The van der Waals surface area contributed by atoms with Crippen molar-refractivity contribution < 1.29 is 9.21 Å². The Morgan fingerprint density at radius 3 is 2.39 bits per heavy atom. The summed E-state index contributed by atoms with van der Waals surface area (Å²) in [5.74, 6) is 0.309. The lowest BCUT2D eigenvalue weighted by molar-refractivity contribution is 0.0977. The summed E-state index contributed by atoms with van der Waals surface area (Å²) in [6, 6.07) is 22.4. The number of nitrogens with one attached hydrogen (secondary N) is 2. The lowest BCUT2D eigenvalue weighted by atomic mass is 10.1. The largest absolute Gasteiger partial charge is 0.436 e. The van der Waals surface area contributed by atoms with E-state index < -0.39 is 0 Å². The Morgan fingerprint density at radius 2 is 1.68 bits per heavy atom. The molecule has 6 heteroatoms. The maximum Gasteiger partial charge on any atom is 0.257 e. The third kappa shape index (κ3) is 3.92. The lowest BCUT2D eigenvalue weighted by Crippen LogP contribution is -2.34. The van der Waals surface area contributed by atoms with Gasteiger partial charge in [-0.25, -0.2) is 4.98 Å². The highest BCUT2D eigenvalue weighted by Crippen LogP contribution is 2.25. The fourth-order valence-electron chi connectivity index (χ4n) is 2.73. The van der Waals surface area contributed by atoms with Crippen molar-refractivity contribution in [1.82, 2.24) is 10.3 Å². The second-order valence-electron chi connectivity index (χ2n) is 6.34. The van der Waals surface area contributed by atoms with Crippen LogP contribution < -0.4 is 10.6 Å². The van der Waals surface area contributed by atoms with Gasteiger partial charge in [-0.1, -0.05) is 29.8 Å². The van der Waals surface area contributed by atoms with Crippen molar-refractivity contribution in [3.63, 3.8) is 0 Å². The van der Waals surface area contributed by atoms with Gasteiger partial charge in [0.05, 0.1) is 0 Å². The van der Waals surface area contributed by atoms with E-state index in [9.17, 15) is 4.79 Å². The lowest BCUT2D eigenvalue weighted by Gasteiger charge is -2.10. The Bertz CT molecular complexity index is 1120. The van der Waals surface area contributed by atoms with Gasteiger partial charge in [-0.2, -0.15) is 0 Å². The van der Waals surface area contributed by atoms with Crippen LogP contribution in [0.3, 0.4) is 0 Å².